The molecule has 198 valence electrons. The lowest BCUT2D eigenvalue weighted by molar-refractivity contribution is -0.140. The number of hydrogen-bond acceptors (Lipinski definition) is 5. The molecule has 0 saturated heterocycles. The van der Waals surface area contributed by atoms with Gasteiger partial charge in [-0.3, -0.25) is 14.3 Å². The molecule has 0 bridgehead atoms. The van der Waals surface area contributed by atoms with Crippen LogP contribution in [0.3, 0.4) is 0 Å². The summed E-state index contributed by atoms with van der Waals surface area (Å²) in [7, 11) is 1.83. The highest BCUT2D eigenvalue weighted by atomic mass is 79.9. The van der Waals surface area contributed by atoms with Crippen LogP contribution in [-0.2, 0) is 31.4 Å². The minimum Gasteiger partial charge on any atom is -0.485 e. The summed E-state index contributed by atoms with van der Waals surface area (Å²) in [6, 6.07) is 11.4. The SMILES string of the molecule is Cn1cnc(COc2ccc(Br)c3c2[C@@H](CN2Cc4ccccc4C2=O)N(C(=O)C2CCCCC2)CC3)n1. The van der Waals surface area contributed by atoms with E-state index in [0.717, 1.165) is 58.8 Å². The van der Waals surface area contributed by atoms with Crippen molar-refractivity contribution in [2.45, 2.75) is 57.7 Å². The van der Waals surface area contributed by atoms with Gasteiger partial charge in [-0.2, -0.15) is 5.10 Å². The molecule has 3 aliphatic rings. The number of rotatable bonds is 6. The number of carbonyl (C=O) groups excluding carboxylic acids is 2. The maximum absolute atomic E-state index is 14.0. The number of amides is 2. The fourth-order valence-corrected chi connectivity index (χ4v) is 6.75. The number of hydrogen-bond donors (Lipinski definition) is 0. The third-order valence-electron chi connectivity index (χ3n) is 8.10. The lowest BCUT2D eigenvalue weighted by Crippen LogP contribution is -2.48. The van der Waals surface area contributed by atoms with E-state index in [4.69, 9.17) is 4.74 Å². The molecular weight excluding hydrogens is 546 g/mol. The van der Waals surface area contributed by atoms with Crippen molar-refractivity contribution in [3.05, 3.63) is 75.3 Å². The van der Waals surface area contributed by atoms with E-state index >= 15 is 0 Å². The minimum absolute atomic E-state index is 0.0212. The summed E-state index contributed by atoms with van der Waals surface area (Å²) in [5, 5.41) is 4.35. The molecule has 0 unspecified atom stereocenters. The largest absolute Gasteiger partial charge is 0.485 e. The highest BCUT2D eigenvalue weighted by Crippen LogP contribution is 2.43. The van der Waals surface area contributed by atoms with E-state index in [2.05, 4.69) is 26.0 Å². The first kappa shape index (κ1) is 25.1. The molecule has 2 aliphatic heterocycles. The van der Waals surface area contributed by atoms with Crippen molar-refractivity contribution in [1.29, 1.82) is 0 Å². The van der Waals surface area contributed by atoms with Crippen LogP contribution in [0.5, 0.6) is 5.75 Å². The van der Waals surface area contributed by atoms with Gasteiger partial charge in [0.1, 0.15) is 18.7 Å². The van der Waals surface area contributed by atoms with Crippen LogP contribution >= 0.6 is 15.9 Å². The Bertz CT molecular complexity index is 1370. The molecule has 3 heterocycles. The molecule has 0 N–H and O–H groups in total. The molecule has 2 amide bonds. The summed E-state index contributed by atoms with van der Waals surface area (Å²) in [6.45, 7) is 1.83. The molecule has 1 fully saturated rings. The molecular formula is C29H32BrN5O3. The van der Waals surface area contributed by atoms with Gasteiger partial charge in [-0.1, -0.05) is 53.4 Å². The molecule has 1 aromatic heterocycles. The predicted molar refractivity (Wildman–Crippen MR) is 145 cm³/mol. The quantitative estimate of drug-likeness (QED) is 0.419. The first-order valence-electron chi connectivity index (χ1n) is 13.5. The number of halogens is 1. The Morgan fingerprint density at radius 2 is 1.95 bits per heavy atom. The molecule has 2 aromatic carbocycles. The second-order valence-corrected chi connectivity index (χ2v) is 11.4. The van der Waals surface area contributed by atoms with Crippen LogP contribution in [0.25, 0.3) is 0 Å². The predicted octanol–water partition coefficient (Wildman–Crippen LogP) is 4.82. The van der Waals surface area contributed by atoms with Gasteiger partial charge in [0.15, 0.2) is 5.82 Å². The van der Waals surface area contributed by atoms with E-state index < -0.39 is 0 Å². The van der Waals surface area contributed by atoms with E-state index in [0.29, 0.717) is 31.2 Å². The van der Waals surface area contributed by atoms with E-state index in [1.165, 1.54) is 6.42 Å². The summed E-state index contributed by atoms with van der Waals surface area (Å²) in [5.74, 6) is 1.59. The monoisotopic (exact) mass is 577 g/mol. The molecule has 0 spiro atoms. The number of aryl methyl sites for hydroxylation is 1. The number of benzene rings is 2. The second kappa shape index (κ2) is 10.5. The Kier molecular flexibility index (Phi) is 6.95. The summed E-state index contributed by atoms with van der Waals surface area (Å²) >= 11 is 3.76. The average Bonchev–Trinajstić information content (AvgIpc) is 3.50. The highest BCUT2D eigenvalue weighted by Gasteiger charge is 2.40. The maximum atomic E-state index is 14.0. The van der Waals surface area contributed by atoms with Crippen molar-refractivity contribution in [3.8, 4) is 5.75 Å². The lowest BCUT2D eigenvalue weighted by atomic mass is 9.85. The molecule has 1 aliphatic carbocycles. The van der Waals surface area contributed by atoms with Gasteiger partial charge in [0.2, 0.25) is 5.91 Å². The fourth-order valence-electron chi connectivity index (χ4n) is 6.21. The summed E-state index contributed by atoms with van der Waals surface area (Å²) in [4.78, 5) is 35.6. The Morgan fingerprint density at radius 1 is 1.13 bits per heavy atom. The van der Waals surface area contributed by atoms with Gasteiger partial charge < -0.3 is 14.5 Å². The molecule has 8 nitrogen and oxygen atoms in total. The normalized spacial score (nSPS) is 19.4. The van der Waals surface area contributed by atoms with Crippen LogP contribution in [0.1, 0.15) is 71.0 Å². The third-order valence-corrected chi connectivity index (χ3v) is 8.85. The van der Waals surface area contributed by atoms with E-state index in [1.54, 1.807) is 11.0 Å². The van der Waals surface area contributed by atoms with Gasteiger partial charge in [0.25, 0.3) is 5.91 Å². The number of carbonyl (C=O) groups is 2. The Balaban J connectivity index is 1.36. The van der Waals surface area contributed by atoms with Crippen molar-refractivity contribution >= 4 is 27.7 Å². The summed E-state index contributed by atoms with van der Waals surface area (Å²) < 4.78 is 8.97. The molecule has 9 heteroatoms. The van der Waals surface area contributed by atoms with E-state index in [9.17, 15) is 9.59 Å². The average molecular weight is 579 g/mol. The maximum Gasteiger partial charge on any atom is 0.254 e. The number of aromatic nitrogens is 3. The van der Waals surface area contributed by atoms with Crippen LogP contribution in [-0.4, -0.2) is 49.5 Å². The molecule has 3 aromatic rings. The number of fused-ring (bicyclic) bond motifs is 2. The molecule has 38 heavy (non-hydrogen) atoms. The van der Waals surface area contributed by atoms with Crippen molar-refractivity contribution in [2.75, 3.05) is 13.1 Å². The van der Waals surface area contributed by atoms with Gasteiger partial charge in [-0.05, 0) is 48.6 Å². The molecule has 1 saturated carbocycles. The highest BCUT2D eigenvalue weighted by molar-refractivity contribution is 9.10. The fraction of sp³-hybridized carbons (Fsp3) is 0.448. The molecule has 6 rings (SSSR count). The zero-order valence-corrected chi connectivity index (χ0v) is 23.2. The van der Waals surface area contributed by atoms with Crippen LogP contribution in [0.15, 0.2) is 47.2 Å². The van der Waals surface area contributed by atoms with Crippen molar-refractivity contribution in [3.63, 3.8) is 0 Å². The standard InChI is InChI=1S/C29H32BrN5O3/c1-33-18-31-26(32-33)17-38-25-12-11-23(30)22-13-14-35(28(36)19-7-3-2-4-8-19)24(27(22)25)16-34-15-20-9-5-6-10-21(20)29(34)37/h5-6,9-12,18-19,24H,2-4,7-8,13-17H2,1H3/t24-/m1/s1. The minimum atomic E-state index is -0.296. The molecule has 1 atom stereocenters. The third kappa shape index (κ3) is 4.72. The summed E-state index contributed by atoms with van der Waals surface area (Å²) in [6.07, 6.45) is 7.66. The lowest BCUT2D eigenvalue weighted by Gasteiger charge is -2.42. The first-order valence-corrected chi connectivity index (χ1v) is 14.2. The second-order valence-electron chi connectivity index (χ2n) is 10.5. The van der Waals surface area contributed by atoms with Gasteiger partial charge in [0, 0.05) is 48.2 Å². The zero-order chi connectivity index (χ0) is 26.2. The zero-order valence-electron chi connectivity index (χ0n) is 21.6. The van der Waals surface area contributed by atoms with Crippen LogP contribution < -0.4 is 4.74 Å². The van der Waals surface area contributed by atoms with E-state index in [-0.39, 0.29) is 30.4 Å². The Labute approximate surface area is 231 Å². The van der Waals surface area contributed by atoms with Crippen molar-refractivity contribution in [2.24, 2.45) is 13.0 Å². The van der Waals surface area contributed by atoms with Gasteiger partial charge in [-0.25, -0.2) is 4.98 Å². The molecule has 0 radical (unpaired) electrons. The van der Waals surface area contributed by atoms with E-state index in [1.807, 2.05) is 53.2 Å². The Morgan fingerprint density at radius 3 is 2.71 bits per heavy atom. The smallest absolute Gasteiger partial charge is 0.254 e. The van der Waals surface area contributed by atoms with Crippen molar-refractivity contribution < 1.29 is 14.3 Å². The number of nitrogens with zero attached hydrogens (tertiary/aromatic N) is 5. The van der Waals surface area contributed by atoms with Crippen molar-refractivity contribution in [1.82, 2.24) is 24.6 Å². The van der Waals surface area contributed by atoms with Gasteiger partial charge in [0.05, 0.1) is 6.04 Å². The van der Waals surface area contributed by atoms with Gasteiger partial charge >= 0.3 is 0 Å². The first-order chi connectivity index (χ1) is 18.5. The number of ether oxygens (including phenoxy) is 1. The Hall–Kier alpha value is -3.20. The van der Waals surface area contributed by atoms with Crippen LogP contribution in [0, 0.1) is 5.92 Å². The summed E-state index contributed by atoms with van der Waals surface area (Å²) in [5.41, 5.74) is 3.90. The van der Waals surface area contributed by atoms with Crippen LogP contribution in [0.4, 0.5) is 0 Å². The van der Waals surface area contributed by atoms with Gasteiger partial charge in [-0.15, -0.1) is 0 Å². The van der Waals surface area contributed by atoms with Crippen LogP contribution in [0.2, 0.25) is 0 Å². The topological polar surface area (TPSA) is 80.6 Å².